The first-order valence-electron chi connectivity index (χ1n) is 6.38. The first-order chi connectivity index (χ1) is 10.4. The van der Waals surface area contributed by atoms with Crippen LogP contribution in [0.4, 0.5) is 10.1 Å². The van der Waals surface area contributed by atoms with Crippen LogP contribution in [0.1, 0.15) is 28.9 Å². The molecule has 1 atom stereocenters. The molecule has 5 nitrogen and oxygen atoms in total. The topological polar surface area (TPSA) is 72.2 Å². The van der Waals surface area contributed by atoms with E-state index in [0.29, 0.717) is 5.02 Å². The summed E-state index contributed by atoms with van der Waals surface area (Å²) in [6.07, 6.45) is 0. The van der Waals surface area contributed by atoms with Crippen LogP contribution in [-0.2, 0) is 0 Å². The van der Waals surface area contributed by atoms with Gasteiger partial charge in [0.25, 0.3) is 11.6 Å². The SMILES string of the molecule is CC(NC(=O)c1ccc([N+](=O)[O-])cc1F)c1ccc(Cl)cc1. The molecule has 2 aromatic carbocycles. The zero-order chi connectivity index (χ0) is 16.3. The molecular formula is C15H12ClFN2O3. The molecule has 2 rings (SSSR count). The monoisotopic (exact) mass is 322 g/mol. The predicted molar refractivity (Wildman–Crippen MR) is 80.4 cm³/mol. The third-order valence-electron chi connectivity index (χ3n) is 3.13. The zero-order valence-corrected chi connectivity index (χ0v) is 12.3. The summed E-state index contributed by atoms with van der Waals surface area (Å²) in [6.45, 7) is 1.74. The summed E-state index contributed by atoms with van der Waals surface area (Å²) in [5, 5.41) is 13.8. The van der Waals surface area contributed by atoms with Gasteiger partial charge in [0.05, 0.1) is 22.6 Å². The van der Waals surface area contributed by atoms with Gasteiger partial charge in [0.2, 0.25) is 0 Å². The normalized spacial score (nSPS) is 11.8. The number of nitro benzene ring substituents is 1. The van der Waals surface area contributed by atoms with Gasteiger partial charge in [-0.2, -0.15) is 0 Å². The van der Waals surface area contributed by atoms with Gasteiger partial charge in [-0.25, -0.2) is 4.39 Å². The first kappa shape index (κ1) is 15.9. The number of nitrogens with one attached hydrogen (secondary N) is 1. The van der Waals surface area contributed by atoms with Gasteiger partial charge >= 0.3 is 0 Å². The summed E-state index contributed by atoms with van der Waals surface area (Å²) in [7, 11) is 0. The van der Waals surface area contributed by atoms with Crippen LogP contribution in [0.5, 0.6) is 0 Å². The Kier molecular flexibility index (Phi) is 4.72. The van der Waals surface area contributed by atoms with Crippen molar-refractivity contribution in [1.82, 2.24) is 5.32 Å². The van der Waals surface area contributed by atoms with E-state index in [1.807, 2.05) is 0 Å². The average molecular weight is 323 g/mol. The lowest BCUT2D eigenvalue weighted by Crippen LogP contribution is -2.27. The van der Waals surface area contributed by atoms with Crippen molar-refractivity contribution in [2.75, 3.05) is 0 Å². The molecule has 0 saturated heterocycles. The molecule has 1 N–H and O–H groups in total. The summed E-state index contributed by atoms with van der Waals surface area (Å²) in [6, 6.07) is 9.42. The Hall–Kier alpha value is -2.47. The van der Waals surface area contributed by atoms with Gasteiger partial charge in [0, 0.05) is 11.1 Å². The first-order valence-corrected chi connectivity index (χ1v) is 6.76. The molecule has 0 aliphatic rings. The Morgan fingerprint density at radius 1 is 1.27 bits per heavy atom. The third-order valence-corrected chi connectivity index (χ3v) is 3.38. The lowest BCUT2D eigenvalue weighted by atomic mass is 10.1. The number of carbonyl (C=O) groups is 1. The Labute approximate surface area is 130 Å². The van der Waals surface area contributed by atoms with Gasteiger partial charge in [0.15, 0.2) is 0 Å². The van der Waals surface area contributed by atoms with E-state index >= 15 is 0 Å². The number of amides is 1. The van der Waals surface area contributed by atoms with Crippen molar-refractivity contribution in [2.24, 2.45) is 0 Å². The van der Waals surface area contributed by atoms with Gasteiger partial charge in [-0.3, -0.25) is 14.9 Å². The standard InChI is InChI=1S/C15H12ClFN2O3/c1-9(10-2-4-11(16)5-3-10)18-15(20)13-7-6-12(19(21)22)8-14(13)17/h2-9H,1H3,(H,18,20). The van der Waals surface area contributed by atoms with E-state index in [9.17, 15) is 19.3 Å². The van der Waals surface area contributed by atoms with Crippen LogP contribution >= 0.6 is 11.6 Å². The van der Waals surface area contributed by atoms with Gasteiger partial charge in [-0.1, -0.05) is 23.7 Å². The van der Waals surface area contributed by atoms with E-state index in [2.05, 4.69) is 5.32 Å². The van der Waals surface area contributed by atoms with Crippen LogP contribution in [0.15, 0.2) is 42.5 Å². The van der Waals surface area contributed by atoms with Crippen LogP contribution in [0, 0.1) is 15.9 Å². The van der Waals surface area contributed by atoms with Crippen molar-refractivity contribution in [2.45, 2.75) is 13.0 Å². The summed E-state index contributed by atoms with van der Waals surface area (Å²) in [5.41, 5.74) is 0.159. The summed E-state index contributed by atoms with van der Waals surface area (Å²) in [5.74, 6) is -1.58. The molecule has 0 aromatic heterocycles. The molecule has 0 heterocycles. The Bertz CT molecular complexity index is 719. The summed E-state index contributed by atoms with van der Waals surface area (Å²) in [4.78, 5) is 21.9. The van der Waals surface area contributed by atoms with Crippen LogP contribution in [0.2, 0.25) is 5.02 Å². The molecule has 0 aliphatic heterocycles. The highest BCUT2D eigenvalue weighted by atomic mass is 35.5. The van der Waals surface area contributed by atoms with E-state index in [-0.39, 0.29) is 11.6 Å². The number of carbonyl (C=O) groups excluding carboxylic acids is 1. The van der Waals surface area contributed by atoms with Crippen LogP contribution in [0.3, 0.4) is 0 Å². The van der Waals surface area contributed by atoms with Crippen molar-refractivity contribution in [3.05, 3.63) is 74.5 Å². The molecule has 0 aliphatic carbocycles. The Morgan fingerprint density at radius 3 is 2.45 bits per heavy atom. The van der Waals surface area contributed by atoms with E-state index in [4.69, 9.17) is 11.6 Å². The molecule has 22 heavy (non-hydrogen) atoms. The minimum absolute atomic E-state index is 0.244. The van der Waals surface area contributed by atoms with Gasteiger partial charge in [0.1, 0.15) is 5.82 Å². The minimum atomic E-state index is -0.935. The maximum Gasteiger partial charge on any atom is 0.272 e. The fourth-order valence-corrected chi connectivity index (χ4v) is 2.04. The highest BCUT2D eigenvalue weighted by molar-refractivity contribution is 6.30. The van der Waals surface area contributed by atoms with Gasteiger partial charge in [-0.05, 0) is 30.7 Å². The number of non-ortho nitro benzene ring substituents is 1. The predicted octanol–water partition coefficient (Wildman–Crippen LogP) is 3.88. The molecule has 0 spiro atoms. The quantitative estimate of drug-likeness (QED) is 0.686. The lowest BCUT2D eigenvalue weighted by molar-refractivity contribution is -0.385. The average Bonchev–Trinajstić information content (AvgIpc) is 2.47. The molecule has 0 radical (unpaired) electrons. The fraction of sp³-hybridized carbons (Fsp3) is 0.133. The van der Waals surface area contributed by atoms with Crippen molar-refractivity contribution >= 4 is 23.2 Å². The van der Waals surface area contributed by atoms with Gasteiger partial charge in [-0.15, -0.1) is 0 Å². The number of nitro groups is 1. The Morgan fingerprint density at radius 2 is 1.91 bits per heavy atom. The van der Waals surface area contributed by atoms with E-state index in [1.165, 1.54) is 0 Å². The third kappa shape index (κ3) is 3.59. The molecule has 1 amide bonds. The molecule has 7 heteroatoms. The molecule has 0 bridgehead atoms. The highest BCUT2D eigenvalue weighted by Gasteiger charge is 2.18. The van der Waals surface area contributed by atoms with E-state index in [1.54, 1.807) is 31.2 Å². The van der Waals surface area contributed by atoms with Crippen molar-refractivity contribution in [3.8, 4) is 0 Å². The maximum atomic E-state index is 13.8. The van der Waals surface area contributed by atoms with Crippen molar-refractivity contribution in [3.63, 3.8) is 0 Å². The minimum Gasteiger partial charge on any atom is -0.345 e. The molecule has 114 valence electrons. The van der Waals surface area contributed by atoms with Crippen molar-refractivity contribution in [1.29, 1.82) is 0 Å². The van der Waals surface area contributed by atoms with Crippen molar-refractivity contribution < 1.29 is 14.1 Å². The number of nitrogens with zero attached hydrogens (tertiary/aromatic N) is 1. The van der Waals surface area contributed by atoms with Crippen LogP contribution in [0.25, 0.3) is 0 Å². The smallest absolute Gasteiger partial charge is 0.272 e. The van der Waals surface area contributed by atoms with Gasteiger partial charge < -0.3 is 5.32 Å². The molecule has 2 aromatic rings. The number of halogens is 2. The maximum absolute atomic E-state index is 13.8. The lowest BCUT2D eigenvalue weighted by Gasteiger charge is -2.14. The fourth-order valence-electron chi connectivity index (χ4n) is 1.91. The van der Waals surface area contributed by atoms with Crippen LogP contribution < -0.4 is 5.32 Å². The number of hydrogen-bond acceptors (Lipinski definition) is 3. The Balaban J connectivity index is 2.15. The number of hydrogen-bond donors (Lipinski definition) is 1. The largest absolute Gasteiger partial charge is 0.345 e. The summed E-state index contributed by atoms with van der Waals surface area (Å²) < 4.78 is 13.8. The summed E-state index contributed by atoms with van der Waals surface area (Å²) >= 11 is 5.79. The molecule has 0 fully saturated rings. The second-order valence-electron chi connectivity index (χ2n) is 4.67. The zero-order valence-electron chi connectivity index (χ0n) is 11.5. The van der Waals surface area contributed by atoms with E-state index in [0.717, 1.165) is 23.8 Å². The highest BCUT2D eigenvalue weighted by Crippen LogP contribution is 2.19. The molecule has 0 saturated carbocycles. The van der Waals surface area contributed by atoms with E-state index < -0.39 is 22.3 Å². The second-order valence-corrected chi connectivity index (χ2v) is 5.10. The molecular weight excluding hydrogens is 311 g/mol. The number of benzene rings is 2. The van der Waals surface area contributed by atoms with Crippen LogP contribution in [-0.4, -0.2) is 10.8 Å². The molecule has 1 unspecified atom stereocenters. The number of rotatable bonds is 4. The second kappa shape index (κ2) is 6.53.